The lowest BCUT2D eigenvalue weighted by Crippen LogP contribution is -2.62. The van der Waals surface area contributed by atoms with Gasteiger partial charge in [0.15, 0.2) is 0 Å². The third-order valence-electron chi connectivity index (χ3n) is 5.03. The van der Waals surface area contributed by atoms with Gasteiger partial charge in [-0.15, -0.1) is 12.4 Å². The van der Waals surface area contributed by atoms with Crippen molar-refractivity contribution in [3.05, 3.63) is 34.1 Å². The summed E-state index contributed by atoms with van der Waals surface area (Å²) in [5, 5.41) is 2.11. The Morgan fingerprint density at radius 3 is 2.55 bits per heavy atom. The maximum absolute atomic E-state index is 14.8. The first-order chi connectivity index (χ1) is 13.3. The van der Waals surface area contributed by atoms with E-state index >= 15 is 0 Å². The van der Waals surface area contributed by atoms with Gasteiger partial charge in [0, 0.05) is 35.7 Å². The molecule has 160 valence electrons. The van der Waals surface area contributed by atoms with Crippen molar-refractivity contribution in [2.75, 3.05) is 13.2 Å². The van der Waals surface area contributed by atoms with Crippen molar-refractivity contribution in [2.24, 2.45) is 11.7 Å². The molecule has 0 bridgehead atoms. The summed E-state index contributed by atoms with van der Waals surface area (Å²) in [6, 6.07) is 1.45. The van der Waals surface area contributed by atoms with Gasteiger partial charge in [-0.2, -0.15) is 0 Å². The number of nitrogens with one attached hydrogen (secondary N) is 1. The molecule has 29 heavy (non-hydrogen) atoms. The smallest absolute Gasteiger partial charge is 0.331 e. The quantitative estimate of drug-likeness (QED) is 0.610. The van der Waals surface area contributed by atoms with Gasteiger partial charge in [0.25, 0.3) is 0 Å². The minimum atomic E-state index is -1.86. The zero-order valence-corrected chi connectivity index (χ0v) is 17.7. The highest BCUT2D eigenvalue weighted by atomic mass is 79.9. The number of benzene rings is 1. The SMILES string of the molecule is Cl.N[C@@H](c1ccc(Br)cc1F)[C@@H](F)CC1C(=O)NC(=O)N(C2CCOCC2)C1=O. The van der Waals surface area contributed by atoms with Crippen LogP contribution in [0.15, 0.2) is 22.7 Å². The zero-order chi connectivity index (χ0) is 20.4. The Labute approximate surface area is 180 Å². The van der Waals surface area contributed by atoms with Gasteiger partial charge in [0.1, 0.15) is 17.9 Å². The standard InChI is InChI=1S/C18H20BrF2N3O4.ClH/c19-9-1-2-11(13(20)7-9)15(22)14(21)8-12-16(25)23-18(27)24(17(12)26)10-3-5-28-6-4-10;/h1-2,7,10,12,14-15H,3-6,8,22H2,(H,23,25,27);1H/t12?,14-,15-;/m0./s1. The van der Waals surface area contributed by atoms with Crippen LogP contribution in [0.3, 0.4) is 0 Å². The van der Waals surface area contributed by atoms with Crippen LogP contribution in [0.2, 0.25) is 0 Å². The van der Waals surface area contributed by atoms with Crippen LogP contribution < -0.4 is 11.1 Å². The van der Waals surface area contributed by atoms with E-state index in [0.29, 0.717) is 30.5 Å². The number of amides is 4. The Hall–Kier alpha value is -1.62. The second-order valence-corrected chi connectivity index (χ2v) is 7.76. The zero-order valence-electron chi connectivity index (χ0n) is 15.3. The van der Waals surface area contributed by atoms with Gasteiger partial charge in [-0.25, -0.2) is 13.6 Å². The van der Waals surface area contributed by atoms with Crippen molar-refractivity contribution in [3.63, 3.8) is 0 Å². The van der Waals surface area contributed by atoms with E-state index in [9.17, 15) is 23.2 Å². The molecule has 2 fully saturated rings. The number of alkyl halides is 1. The van der Waals surface area contributed by atoms with Crippen molar-refractivity contribution in [1.29, 1.82) is 0 Å². The number of barbiturate groups is 1. The molecule has 0 spiro atoms. The summed E-state index contributed by atoms with van der Waals surface area (Å²) in [5.41, 5.74) is 5.77. The molecule has 2 saturated heterocycles. The van der Waals surface area contributed by atoms with Gasteiger partial charge in [0.2, 0.25) is 11.8 Å². The van der Waals surface area contributed by atoms with Crippen LogP contribution in [0.4, 0.5) is 13.6 Å². The molecule has 2 aliphatic heterocycles. The van der Waals surface area contributed by atoms with Crippen molar-refractivity contribution in [3.8, 4) is 0 Å². The molecule has 3 N–H and O–H groups in total. The summed E-state index contributed by atoms with van der Waals surface area (Å²) in [6.45, 7) is 0.777. The number of nitrogens with zero attached hydrogens (tertiary/aromatic N) is 1. The van der Waals surface area contributed by atoms with Crippen LogP contribution >= 0.6 is 28.3 Å². The third kappa shape index (κ3) is 5.11. The minimum absolute atomic E-state index is 0. The normalized spacial score (nSPS) is 22.7. The second-order valence-electron chi connectivity index (χ2n) is 6.84. The van der Waals surface area contributed by atoms with Gasteiger partial charge in [-0.05, 0) is 25.0 Å². The maximum atomic E-state index is 14.8. The summed E-state index contributed by atoms with van der Waals surface area (Å²) >= 11 is 3.11. The molecule has 0 aliphatic carbocycles. The monoisotopic (exact) mass is 495 g/mol. The van der Waals surface area contributed by atoms with E-state index in [1.165, 1.54) is 12.1 Å². The number of nitrogens with two attached hydrogens (primary N) is 1. The molecule has 4 amide bonds. The topological polar surface area (TPSA) is 102 Å². The molecule has 1 unspecified atom stereocenters. The molecule has 1 aromatic carbocycles. The number of hydrogen-bond acceptors (Lipinski definition) is 5. The molecule has 0 saturated carbocycles. The fourth-order valence-electron chi connectivity index (χ4n) is 3.47. The van der Waals surface area contributed by atoms with E-state index in [4.69, 9.17) is 10.5 Å². The summed E-state index contributed by atoms with van der Waals surface area (Å²) in [6.07, 6.45) is -1.51. The molecular weight excluding hydrogens is 476 g/mol. The number of halogens is 4. The highest BCUT2D eigenvalue weighted by molar-refractivity contribution is 9.10. The molecule has 7 nitrogen and oxygen atoms in total. The number of carbonyl (C=O) groups excluding carboxylic acids is 3. The van der Waals surface area contributed by atoms with Crippen LogP contribution in [0, 0.1) is 11.7 Å². The summed E-state index contributed by atoms with van der Waals surface area (Å²) < 4.78 is 34.6. The van der Waals surface area contributed by atoms with Crippen molar-refractivity contribution in [2.45, 2.75) is 37.5 Å². The van der Waals surface area contributed by atoms with Gasteiger partial charge in [0.05, 0.1) is 6.04 Å². The summed E-state index contributed by atoms with van der Waals surface area (Å²) in [4.78, 5) is 38.0. The van der Waals surface area contributed by atoms with Gasteiger partial charge >= 0.3 is 6.03 Å². The number of carbonyl (C=O) groups is 3. The Balaban J connectivity index is 0.00000300. The Bertz CT molecular complexity index is 794. The lowest BCUT2D eigenvalue weighted by Gasteiger charge is -2.37. The number of ether oxygens (including phenoxy) is 1. The first-order valence-electron chi connectivity index (χ1n) is 8.90. The molecule has 0 aromatic heterocycles. The number of urea groups is 1. The Morgan fingerprint density at radius 1 is 1.28 bits per heavy atom. The van der Waals surface area contributed by atoms with E-state index in [2.05, 4.69) is 21.2 Å². The molecule has 3 rings (SSSR count). The fourth-order valence-corrected chi connectivity index (χ4v) is 3.80. The number of rotatable bonds is 5. The van der Waals surface area contributed by atoms with Crippen LogP contribution in [-0.4, -0.2) is 48.2 Å². The second kappa shape index (κ2) is 9.92. The van der Waals surface area contributed by atoms with Crippen molar-refractivity contribution in [1.82, 2.24) is 10.2 Å². The van der Waals surface area contributed by atoms with Gasteiger partial charge < -0.3 is 10.5 Å². The van der Waals surface area contributed by atoms with Gasteiger partial charge in [-0.1, -0.05) is 22.0 Å². The number of imide groups is 2. The highest BCUT2D eigenvalue weighted by Crippen LogP contribution is 2.29. The first-order valence-corrected chi connectivity index (χ1v) is 9.69. The average molecular weight is 497 g/mol. The lowest BCUT2D eigenvalue weighted by molar-refractivity contribution is -0.146. The highest BCUT2D eigenvalue weighted by Gasteiger charge is 2.45. The summed E-state index contributed by atoms with van der Waals surface area (Å²) in [5.74, 6) is -3.72. The molecular formula is C18H21BrClF2N3O4. The first kappa shape index (κ1) is 23.7. The van der Waals surface area contributed by atoms with E-state index in [1.807, 2.05) is 0 Å². The molecule has 11 heteroatoms. The molecule has 2 heterocycles. The van der Waals surface area contributed by atoms with Crippen LogP contribution in [0.1, 0.15) is 30.9 Å². The van der Waals surface area contributed by atoms with Crippen LogP contribution in [0.5, 0.6) is 0 Å². The molecule has 0 radical (unpaired) electrons. The molecule has 2 aliphatic rings. The predicted octanol–water partition coefficient (Wildman–Crippen LogP) is 2.61. The molecule has 3 atom stereocenters. The van der Waals surface area contributed by atoms with E-state index in [-0.39, 0.29) is 18.0 Å². The maximum Gasteiger partial charge on any atom is 0.331 e. The van der Waals surface area contributed by atoms with Crippen LogP contribution in [0.25, 0.3) is 0 Å². The average Bonchev–Trinajstić information content (AvgIpc) is 2.65. The Kier molecular flexibility index (Phi) is 8.10. The van der Waals surface area contributed by atoms with Crippen molar-refractivity contribution < 1.29 is 27.9 Å². The van der Waals surface area contributed by atoms with E-state index in [1.54, 1.807) is 0 Å². The van der Waals surface area contributed by atoms with E-state index in [0.717, 1.165) is 11.0 Å². The minimum Gasteiger partial charge on any atom is -0.381 e. The lowest BCUT2D eigenvalue weighted by atomic mass is 9.91. The molecule has 1 aromatic rings. The van der Waals surface area contributed by atoms with Crippen LogP contribution in [-0.2, 0) is 14.3 Å². The number of hydrogen-bond donors (Lipinski definition) is 2. The largest absolute Gasteiger partial charge is 0.381 e. The van der Waals surface area contributed by atoms with Gasteiger partial charge in [-0.3, -0.25) is 19.8 Å². The van der Waals surface area contributed by atoms with E-state index < -0.39 is 54.3 Å². The predicted molar refractivity (Wildman–Crippen MR) is 106 cm³/mol. The van der Waals surface area contributed by atoms with Crippen molar-refractivity contribution >= 4 is 46.2 Å². The third-order valence-corrected chi connectivity index (χ3v) is 5.52. The fraction of sp³-hybridized carbons (Fsp3) is 0.500. The Morgan fingerprint density at radius 2 is 1.93 bits per heavy atom. The summed E-state index contributed by atoms with van der Waals surface area (Å²) in [7, 11) is 0.